The van der Waals surface area contributed by atoms with Gasteiger partial charge in [-0.15, -0.1) is 0 Å². The molecule has 5 nitrogen and oxygen atoms in total. The Labute approximate surface area is 87.7 Å². The summed E-state index contributed by atoms with van der Waals surface area (Å²) in [5.74, 6) is -0.990. The minimum atomic E-state index is -0.915. The van der Waals surface area contributed by atoms with Crippen molar-refractivity contribution in [3.63, 3.8) is 0 Å². The Kier molecular flexibility index (Phi) is 2.48. The first-order valence-electron chi connectivity index (χ1n) is 4.99. The highest BCUT2D eigenvalue weighted by atomic mass is 16.4. The Bertz CT molecular complexity index is 313. The van der Waals surface area contributed by atoms with Crippen molar-refractivity contribution in [2.75, 3.05) is 26.2 Å². The molecule has 0 atom stereocenters. The Balaban J connectivity index is 1.74. The number of nitrogens with zero attached hydrogens (tertiary/aromatic N) is 1. The number of carboxylic acid groups (broad SMARTS) is 1. The first-order chi connectivity index (χ1) is 7.11. The maximum absolute atomic E-state index is 11.5. The average molecular weight is 210 g/mol. The van der Waals surface area contributed by atoms with Crippen LogP contribution in [0.4, 0.5) is 0 Å². The Hall–Kier alpha value is -1.36. The molecular formula is C10H14N2O3. The summed E-state index contributed by atoms with van der Waals surface area (Å²) >= 11 is 0. The molecule has 1 amide bonds. The van der Waals surface area contributed by atoms with Gasteiger partial charge < -0.3 is 15.3 Å². The summed E-state index contributed by atoms with van der Waals surface area (Å²) in [5, 5.41) is 11.6. The Morgan fingerprint density at radius 3 is 2.53 bits per heavy atom. The van der Waals surface area contributed by atoms with Crippen LogP contribution in [0.25, 0.3) is 0 Å². The summed E-state index contributed by atoms with van der Waals surface area (Å²) < 4.78 is 0. The van der Waals surface area contributed by atoms with E-state index in [4.69, 9.17) is 5.11 Å². The molecule has 0 saturated carbocycles. The van der Waals surface area contributed by atoms with Crippen molar-refractivity contribution in [1.82, 2.24) is 10.2 Å². The van der Waals surface area contributed by atoms with E-state index in [1.54, 1.807) is 4.90 Å². The van der Waals surface area contributed by atoms with Crippen LogP contribution in [0.5, 0.6) is 0 Å². The lowest BCUT2D eigenvalue weighted by molar-refractivity contribution is -0.141. The van der Waals surface area contributed by atoms with Gasteiger partial charge in [0.2, 0.25) is 5.91 Å². The summed E-state index contributed by atoms with van der Waals surface area (Å²) in [6.07, 6.45) is 2.66. The second-order valence-electron chi connectivity index (χ2n) is 4.30. The van der Waals surface area contributed by atoms with Crippen LogP contribution in [-0.2, 0) is 9.59 Å². The van der Waals surface area contributed by atoms with Gasteiger partial charge >= 0.3 is 5.97 Å². The molecule has 2 aliphatic rings. The number of hydrogen-bond acceptors (Lipinski definition) is 3. The second kappa shape index (κ2) is 3.66. The third-order valence-electron chi connectivity index (χ3n) is 2.92. The maximum atomic E-state index is 11.5. The molecule has 2 aliphatic heterocycles. The molecule has 0 aromatic carbocycles. The molecule has 0 aromatic heterocycles. The molecule has 5 heteroatoms. The summed E-state index contributed by atoms with van der Waals surface area (Å²) in [4.78, 5) is 23.4. The van der Waals surface area contributed by atoms with Gasteiger partial charge in [-0.3, -0.25) is 9.59 Å². The molecule has 2 saturated heterocycles. The second-order valence-corrected chi connectivity index (χ2v) is 4.30. The van der Waals surface area contributed by atoms with Crippen molar-refractivity contribution in [3.8, 4) is 0 Å². The molecule has 2 fully saturated rings. The summed E-state index contributed by atoms with van der Waals surface area (Å²) in [5.41, 5.74) is 0.330. The van der Waals surface area contributed by atoms with E-state index in [0.717, 1.165) is 26.2 Å². The number of amides is 1. The zero-order valence-corrected chi connectivity index (χ0v) is 8.40. The lowest BCUT2D eigenvalue weighted by Crippen LogP contribution is -2.71. The van der Waals surface area contributed by atoms with E-state index in [9.17, 15) is 9.59 Å². The highest BCUT2D eigenvalue weighted by molar-refractivity contribution is 5.89. The van der Waals surface area contributed by atoms with Gasteiger partial charge in [0.05, 0.1) is 6.42 Å². The van der Waals surface area contributed by atoms with Crippen LogP contribution in [0.15, 0.2) is 12.2 Å². The molecule has 1 spiro atoms. The molecule has 0 radical (unpaired) electrons. The number of likely N-dealkylation sites (tertiary alicyclic amines) is 1. The first-order valence-corrected chi connectivity index (χ1v) is 4.99. The highest BCUT2D eigenvalue weighted by Gasteiger charge is 2.48. The molecule has 2 N–H and O–H groups in total. The van der Waals surface area contributed by atoms with E-state index in [0.29, 0.717) is 5.41 Å². The van der Waals surface area contributed by atoms with Gasteiger partial charge in [0, 0.05) is 31.6 Å². The minimum Gasteiger partial charge on any atom is -0.481 e. The zero-order chi connectivity index (χ0) is 10.9. The standard InChI is InChI=1S/C10H14N2O3/c13-8(2-1-3-9(14)15)12-6-10(7-12)4-11-5-10/h1-2,11H,3-7H2,(H,14,15)/b2-1+. The van der Waals surface area contributed by atoms with Gasteiger partial charge in [0.15, 0.2) is 0 Å². The SMILES string of the molecule is O=C(O)C/C=C/C(=O)N1CC2(CNC2)C1. The van der Waals surface area contributed by atoms with Gasteiger partial charge in [-0.1, -0.05) is 6.08 Å². The normalized spacial score (nSPS) is 22.5. The van der Waals surface area contributed by atoms with Crippen LogP contribution in [0.2, 0.25) is 0 Å². The molecule has 82 valence electrons. The van der Waals surface area contributed by atoms with E-state index >= 15 is 0 Å². The van der Waals surface area contributed by atoms with E-state index in [-0.39, 0.29) is 12.3 Å². The molecule has 0 unspecified atom stereocenters. The van der Waals surface area contributed by atoms with Crippen LogP contribution in [0.3, 0.4) is 0 Å². The number of hydrogen-bond donors (Lipinski definition) is 2. The number of nitrogens with one attached hydrogen (secondary N) is 1. The fraction of sp³-hybridized carbons (Fsp3) is 0.600. The lowest BCUT2D eigenvalue weighted by Gasteiger charge is -2.55. The third-order valence-corrected chi connectivity index (χ3v) is 2.92. The zero-order valence-electron chi connectivity index (χ0n) is 8.40. The van der Waals surface area contributed by atoms with Crippen molar-refractivity contribution in [1.29, 1.82) is 0 Å². The van der Waals surface area contributed by atoms with Crippen LogP contribution >= 0.6 is 0 Å². The van der Waals surface area contributed by atoms with Crippen molar-refractivity contribution >= 4 is 11.9 Å². The first kappa shape index (κ1) is 10.2. The average Bonchev–Trinajstić information content (AvgIpc) is 1.97. The van der Waals surface area contributed by atoms with Gasteiger partial charge in [0.25, 0.3) is 0 Å². The molecule has 0 bridgehead atoms. The number of carbonyl (C=O) groups excluding carboxylic acids is 1. The topological polar surface area (TPSA) is 69.6 Å². The highest BCUT2D eigenvalue weighted by Crippen LogP contribution is 2.33. The predicted molar refractivity (Wildman–Crippen MR) is 53.3 cm³/mol. The van der Waals surface area contributed by atoms with Gasteiger partial charge in [-0.2, -0.15) is 0 Å². The van der Waals surface area contributed by atoms with Crippen LogP contribution in [-0.4, -0.2) is 48.1 Å². The maximum Gasteiger partial charge on any atom is 0.307 e. The summed E-state index contributed by atoms with van der Waals surface area (Å²) in [6, 6.07) is 0. The van der Waals surface area contributed by atoms with Gasteiger partial charge in [-0.05, 0) is 6.08 Å². The van der Waals surface area contributed by atoms with E-state index in [1.165, 1.54) is 12.2 Å². The summed E-state index contributed by atoms with van der Waals surface area (Å²) in [6.45, 7) is 3.59. The smallest absolute Gasteiger partial charge is 0.307 e. The van der Waals surface area contributed by atoms with E-state index in [1.807, 2.05) is 0 Å². The van der Waals surface area contributed by atoms with Crippen LogP contribution in [0, 0.1) is 5.41 Å². The van der Waals surface area contributed by atoms with Gasteiger partial charge in [-0.25, -0.2) is 0 Å². The quantitative estimate of drug-likeness (QED) is 0.613. The molecule has 15 heavy (non-hydrogen) atoms. The Morgan fingerprint density at radius 2 is 2.07 bits per heavy atom. The molecular weight excluding hydrogens is 196 g/mol. The number of rotatable bonds is 3. The van der Waals surface area contributed by atoms with E-state index in [2.05, 4.69) is 5.32 Å². The van der Waals surface area contributed by atoms with Crippen molar-refractivity contribution in [3.05, 3.63) is 12.2 Å². The van der Waals surface area contributed by atoms with Crippen molar-refractivity contribution in [2.45, 2.75) is 6.42 Å². The fourth-order valence-electron chi connectivity index (χ4n) is 1.99. The van der Waals surface area contributed by atoms with E-state index < -0.39 is 5.97 Å². The lowest BCUT2D eigenvalue weighted by atomic mass is 9.74. The molecule has 0 aliphatic carbocycles. The van der Waals surface area contributed by atoms with Gasteiger partial charge in [0.1, 0.15) is 0 Å². The summed E-state index contributed by atoms with van der Waals surface area (Å²) in [7, 11) is 0. The number of carbonyl (C=O) groups is 2. The predicted octanol–water partition coefficient (Wildman–Crippen LogP) is -0.551. The fourth-order valence-corrected chi connectivity index (χ4v) is 1.99. The monoisotopic (exact) mass is 210 g/mol. The molecule has 2 heterocycles. The number of carboxylic acids is 1. The molecule has 2 rings (SSSR count). The number of aliphatic carboxylic acids is 1. The molecule has 0 aromatic rings. The largest absolute Gasteiger partial charge is 0.481 e. The van der Waals surface area contributed by atoms with Crippen molar-refractivity contribution in [2.24, 2.45) is 5.41 Å². The van der Waals surface area contributed by atoms with Crippen molar-refractivity contribution < 1.29 is 14.7 Å². The van der Waals surface area contributed by atoms with Crippen LogP contribution in [0.1, 0.15) is 6.42 Å². The minimum absolute atomic E-state index is 0.0752. The Morgan fingerprint density at radius 1 is 1.40 bits per heavy atom. The van der Waals surface area contributed by atoms with Crippen LogP contribution < -0.4 is 5.32 Å². The third kappa shape index (κ3) is 2.02.